The van der Waals surface area contributed by atoms with Crippen LogP contribution in [-0.4, -0.2) is 25.6 Å². The molecule has 1 aliphatic rings. The van der Waals surface area contributed by atoms with Crippen LogP contribution in [-0.2, 0) is 4.74 Å². The number of rotatable bonds is 3. The van der Waals surface area contributed by atoms with Gasteiger partial charge in [0.25, 0.3) is 0 Å². The Labute approximate surface area is 78.3 Å². The van der Waals surface area contributed by atoms with Crippen molar-refractivity contribution in [3.05, 3.63) is 0 Å². The smallest absolute Gasteiger partial charge is 0.119 e. The van der Waals surface area contributed by atoms with Gasteiger partial charge in [-0.3, -0.25) is 0 Å². The van der Waals surface area contributed by atoms with Gasteiger partial charge in [0.15, 0.2) is 0 Å². The maximum atomic E-state index is 5.73. The van der Waals surface area contributed by atoms with Crippen LogP contribution in [0.3, 0.4) is 0 Å². The van der Waals surface area contributed by atoms with Gasteiger partial charge in [-0.15, -0.1) is 0 Å². The van der Waals surface area contributed by atoms with Crippen LogP contribution in [0.1, 0.15) is 19.3 Å². The van der Waals surface area contributed by atoms with Crippen molar-refractivity contribution in [3.63, 3.8) is 0 Å². The highest BCUT2D eigenvalue weighted by atomic mass is 16.5. The molecule has 0 saturated carbocycles. The number of nitrogens with two attached hydrogens (primary N) is 3. The summed E-state index contributed by atoms with van der Waals surface area (Å²) in [6.07, 6.45) is 2.57. The zero-order valence-corrected chi connectivity index (χ0v) is 7.83. The molecule has 0 aromatic rings. The molecule has 76 valence electrons. The van der Waals surface area contributed by atoms with Gasteiger partial charge in [-0.25, -0.2) is 0 Å². The molecule has 0 unspecified atom stereocenters. The van der Waals surface area contributed by atoms with E-state index in [9.17, 15) is 0 Å². The van der Waals surface area contributed by atoms with Crippen molar-refractivity contribution in [1.29, 1.82) is 0 Å². The number of hydrazone groups is 1. The highest BCUT2D eigenvalue weighted by Gasteiger charge is 2.32. The predicted octanol–water partition coefficient (Wildman–Crippen LogP) is -0.637. The zero-order chi connectivity index (χ0) is 9.73. The molecule has 0 spiro atoms. The molecule has 6 N–H and O–H groups in total. The molecule has 1 saturated heterocycles. The van der Waals surface area contributed by atoms with Gasteiger partial charge in [-0.05, 0) is 24.8 Å². The first kappa shape index (κ1) is 10.3. The van der Waals surface area contributed by atoms with Gasteiger partial charge in [0, 0.05) is 19.6 Å². The molecule has 0 amide bonds. The summed E-state index contributed by atoms with van der Waals surface area (Å²) in [7, 11) is 0. The zero-order valence-electron chi connectivity index (χ0n) is 7.83. The monoisotopic (exact) mass is 186 g/mol. The van der Waals surface area contributed by atoms with Gasteiger partial charge in [-0.2, -0.15) is 5.10 Å². The van der Waals surface area contributed by atoms with E-state index in [0.29, 0.717) is 18.8 Å². The summed E-state index contributed by atoms with van der Waals surface area (Å²) < 4.78 is 5.27. The van der Waals surface area contributed by atoms with Gasteiger partial charge in [-0.1, -0.05) is 0 Å². The van der Waals surface area contributed by atoms with E-state index in [-0.39, 0.29) is 5.41 Å². The van der Waals surface area contributed by atoms with Crippen molar-refractivity contribution in [1.82, 2.24) is 0 Å². The molecular weight excluding hydrogens is 168 g/mol. The Morgan fingerprint density at radius 1 is 1.38 bits per heavy atom. The fraction of sp³-hybridized carbons (Fsp3) is 0.875. The molecular formula is C8H18N4O. The molecule has 0 radical (unpaired) electrons. The molecule has 0 atom stereocenters. The minimum atomic E-state index is 0.0607. The number of nitrogens with zero attached hydrogens (tertiary/aromatic N) is 1. The summed E-state index contributed by atoms with van der Waals surface area (Å²) in [6.45, 7) is 2.14. The molecule has 5 nitrogen and oxygen atoms in total. The molecule has 1 heterocycles. The normalized spacial score (nSPS) is 23.0. The van der Waals surface area contributed by atoms with Gasteiger partial charge >= 0.3 is 0 Å². The summed E-state index contributed by atoms with van der Waals surface area (Å²) in [5.41, 5.74) is 11.4. The van der Waals surface area contributed by atoms with Crippen LogP contribution in [0.4, 0.5) is 0 Å². The molecule has 1 rings (SSSR count). The van der Waals surface area contributed by atoms with Crippen LogP contribution >= 0.6 is 0 Å². The van der Waals surface area contributed by atoms with Gasteiger partial charge in [0.2, 0.25) is 0 Å². The molecule has 0 bridgehead atoms. The molecule has 13 heavy (non-hydrogen) atoms. The van der Waals surface area contributed by atoms with Crippen molar-refractivity contribution in [2.24, 2.45) is 27.8 Å². The lowest BCUT2D eigenvalue weighted by Gasteiger charge is -2.35. The average Bonchev–Trinajstić information content (AvgIpc) is 2.19. The molecule has 1 aliphatic heterocycles. The second kappa shape index (κ2) is 4.43. The molecule has 0 aromatic heterocycles. The van der Waals surface area contributed by atoms with Crippen LogP contribution in [0.2, 0.25) is 0 Å². The number of ether oxygens (including phenoxy) is 1. The van der Waals surface area contributed by atoms with Crippen LogP contribution in [0.15, 0.2) is 5.10 Å². The minimum absolute atomic E-state index is 0.0607. The second-order valence-corrected chi connectivity index (χ2v) is 3.61. The van der Waals surface area contributed by atoms with Crippen LogP contribution in [0.25, 0.3) is 0 Å². The first-order valence-corrected chi connectivity index (χ1v) is 4.52. The highest BCUT2D eigenvalue weighted by Crippen LogP contribution is 2.32. The molecule has 1 fully saturated rings. The second-order valence-electron chi connectivity index (χ2n) is 3.61. The Kier molecular flexibility index (Phi) is 3.50. The van der Waals surface area contributed by atoms with Crippen LogP contribution in [0, 0.1) is 5.41 Å². The van der Waals surface area contributed by atoms with Gasteiger partial charge in [0.1, 0.15) is 5.84 Å². The standard InChI is InChI=1S/C8H18N4O/c9-6-8(5-7(10)12-11)1-3-13-4-2-8/h1-6,9,11H2,(H2,10,12). The number of amidine groups is 1. The Morgan fingerprint density at radius 3 is 2.46 bits per heavy atom. The first-order chi connectivity index (χ1) is 6.22. The topological polar surface area (TPSA) is 99.7 Å². The summed E-state index contributed by atoms with van der Waals surface area (Å²) in [6, 6.07) is 0. The van der Waals surface area contributed by atoms with E-state index in [1.807, 2.05) is 0 Å². The lowest BCUT2D eigenvalue weighted by molar-refractivity contribution is 0.0224. The van der Waals surface area contributed by atoms with Crippen molar-refractivity contribution in [2.75, 3.05) is 19.8 Å². The minimum Gasteiger partial charge on any atom is -0.386 e. The first-order valence-electron chi connectivity index (χ1n) is 4.52. The predicted molar refractivity (Wildman–Crippen MR) is 52.0 cm³/mol. The summed E-state index contributed by atoms with van der Waals surface area (Å²) in [5.74, 6) is 5.57. The van der Waals surface area contributed by atoms with E-state index in [0.717, 1.165) is 26.1 Å². The lowest BCUT2D eigenvalue weighted by Crippen LogP contribution is -2.40. The van der Waals surface area contributed by atoms with Crippen molar-refractivity contribution in [2.45, 2.75) is 19.3 Å². The fourth-order valence-electron chi connectivity index (χ4n) is 1.69. The Hall–Kier alpha value is -0.810. The number of hydrogen-bond acceptors (Lipinski definition) is 4. The van der Waals surface area contributed by atoms with Crippen LogP contribution < -0.4 is 17.3 Å². The SMILES string of the molecule is NCC1(C/C(N)=N/N)CCOCC1. The van der Waals surface area contributed by atoms with Crippen molar-refractivity contribution in [3.8, 4) is 0 Å². The van der Waals surface area contributed by atoms with Gasteiger partial charge < -0.3 is 22.0 Å². The maximum absolute atomic E-state index is 5.73. The largest absolute Gasteiger partial charge is 0.386 e. The molecule has 0 aromatic carbocycles. The Bertz CT molecular complexity index is 187. The highest BCUT2D eigenvalue weighted by molar-refractivity contribution is 5.80. The third-order valence-electron chi connectivity index (χ3n) is 2.71. The Balaban J connectivity index is 2.57. The third-order valence-corrected chi connectivity index (χ3v) is 2.71. The van der Waals surface area contributed by atoms with E-state index in [1.54, 1.807) is 0 Å². The summed E-state index contributed by atoms with van der Waals surface area (Å²) in [5, 5.41) is 3.47. The average molecular weight is 186 g/mol. The van der Waals surface area contributed by atoms with E-state index in [1.165, 1.54) is 0 Å². The fourth-order valence-corrected chi connectivity index (χ4v) is 1.69. The molecule has 0 aliphatic carbocycles. The van der Waals surface area contributed by atoms with E-state index < -0.39 is 0 Å². The molecule has 5 heteroatoms. The van der Waals surface area contributed by atoms with E-state index >= 15 is 0 Å². The van der Waals surface area contributed by atoms with Crippen LogP contribution in [0.5, 0.6) is 0 Å². The van der Waals surface area contributed by atoms with Crippen molar-refractivity contribution >= 4 is 5.84 Å². The van der Waals surface area contributed by atoms with Gasteiger partial charge in [0.05, 0.1) is 0 Å². The summed E-state index contributed by atoms with van der Waals surface area (Å²) in [4.78, 5) is 0. The summed E-state index contributed by atoms with van der Waals surface area (Å²) >= 11 is 0. The quantitative estimate of drug-likeness (QED) is 0.236. The Morgan fingerprint density at radius 2 is 2.00 bits per heavy atom. The number of hydrogen-bond donors (Lipinski definition) is 3. The van der Waals surface area contributed by atoms with Crippen molar-refractivity contribution < 1.29 is 4.74 Å². The lowest BCUT2D eigenvalue weighted by atomic mass is 9.77. The van der Waals surface area contributed by atoms with E-state index in [4.69, 9.17) is 22.0 Å². The van der Waals surface area contributed by atoms with E-state index in [2.05, 4.69) is 5.10 Å². The maximum Gasteiger partial charge on any atom is 0.119 e. The third kappa shape index (κ3) is 2.57.